The Bertz CT molecular complexity index is 799. The average Bonchev–Trinajstić information content (AvgIpc) is 3.30. The van der Waals surface area contributed by atoms with Crippen molar-refractivity contribution in [3.05, 3.63) is 54.0 Å². The van der Waals surface area contributed by atoms with Gasteiger partial charge < -0.3 is 19.4 Å². The molecule has 0 radical (unpaired) electrons. The van der Waals surface area contributed by atoms with Gasteiger partial charge in [0.2, 0.25) is 5.91 Å². The van der Waals surface area contributed by atoms with E-state index in [0.29, 0.717) is 25.1 Å². The van der Waals surface area contributed by atoms with Gasteiger partial charge in [-0.15, -0.1) is 0 Å². The number of nitrogens with zero attached hydrogens (tertiary/aromatic N) is 2. The highest BCUT2D eigenvalue weighted by Crippen LogP contribution is 2.21. The zero-order valence-electron chi connectivity index (χ0n) is 15.1. The number of rotatable bonds is 5. The molecule has 2 fully saturated rings. The maximum atomic E-state index is 12.5. The smallest absolute Gasteiger partial charge is 0.254 e. The van der Waals surface area contributed by atoms with E-state index in [4.69, 9.17) is 9.15 Å². The molecule has 2 aromatic rings. The van der Waals surface area contributed by atoms with E-state index in [9.17, 15) is 9.59 Å². The number of furan rings is 1. The highest BCUT2D eigenvalue weighted by molar-refractivity contribution is 5.98. The molecule has 1 N–H and O–H groups in total. The van der Waals surface area contributed by atoms with Crippen molar-refractivity contribution < 1.29 is 18.7 Å². The first-order chi connectivity index (χ1) is 13.2. The van der Waals surface area contributed by atoms with Crippen LogP contribution in [0.3, 0.4) is 0 Å². The van der Waals surface area contributed by atoms with Crippen LogP contribution in [-0.4, -0.2) is 55.6 Å². The minimum absolute atomic E-state index is 0.0201. The second kappa shape index (κ2) is 7.94. The molecular formula is C20H23N3O4. The molecule has 1 atom stereocenters. The van der Waals surface area contributed by atoms with Crippen LogP contribution >= 0.6 is 0 Å². The summed E-state index contributed by atoms with van der Waals surface area (Å²) in [5.41, 5.74) is 1.35. The molecular weight excluding hydrogens is 346 g/mol. The van der Waals surface area contributed by atoms with Crippen LogP contribution in [0.15, 0.2) is 47.1 Å². The van der Waals surface area contributed by atoms with Crippen LogP contribution < -0.4 is 10.2 Å². The van der Waals surface area contributed by atoms with E-state index in [0.717, 1.165) is 37.8 Å². The maximum Gasteiger partial charge on any atom is 0.254 e. The summed E-state index contributed by atoms with van der Waals surface area (Å²) in [5.74, 6) is 0.571. The van der Waals surface area contributed by atoms with Crippen LogP contribution in [0.25, 0.3) is 0 Å². The van der Waals surface area contributed by atoms with Gasteiger partial charge in [-0.2, -0.15) is 0 Å². The van der Waals surface area contributed by atoms with Crippen molar-refractivity contribution in [3.8, 4) is 0 Å². The molecule has 2 saturated heterocycles. The Morgan fingerprint density at radius 1 is 1.19 bits per heavy atom. The molecule has 1 aromatic heterocycles. The summed E-state index contributed by atoms with van der Waals surface area (Å²) in [6, 6.07) is 11.1. The van der Waals surface area contributed by atoms with E-state index < -0.39 is 0 Å². The molecule has 1 aromatic carbocycles. The number of anilines is 1. The van der Waals surface area contributed by atoms with Crippen LogP contribution in [0, 0.1) is 0 Å². The molecule has 0 aliphatic carbocycles. The molecule has 7 nitrogen and oxygen atoms in total. The molecule has 2 aliphatic rings. The first-order valence-corrected chi connectivity index (χ1v) is 9.23. The highest BCUT2D eigenvalue weighted by Gasteiger charge is 2.31. The van der Waals surface area contributed by atoms with Crippen molar-refractivity contribution in [1.29, 1.82) is 0 Å². The van der Waals surface area contributed by atoms with Crippen molar-refractivity contribution in [2.75, 3.05) is 37.7 Å². The van der Waals surface area contributed by atoms with Crippen LogP contribution in [0.5, 0.6) is 0 Å². The summed E-state index contributed by atoms with van der Waals surface area (Å²) in [6.45, 7) is 4.32. The highest BCUT2D eigenvalue weighted by atomic mass is 16.5. The fourth-order valence-corrected chi connectivity index (χ4v) is 3.49. The third-order valence-corrected chi connectivity index (χ3v) is 4.93. The zero-order chi connectivity index (χ0) is 18.6. The molecule has 0 saturated carbocycles. The number of carbonyl (C=O) groups excluding carboxylic acids is 2. The zero-order valence-corrected chi connectivity index (χ0v) is 15.1. The number of benzene rings is 1. The number of para-hydroxylation sites is 1. The lowest BCUT2D eigenvalue weighted by Gasteiger charge is -2.25. The van der Waals surface area contributed by atoms with E-state index in [1.54, 1.807) is 11.0 Å². The monoisotopic (exact) mass is 369 g/mol. The van der Waals surface area contributed by atoms with Gasteiger partial charge in [-0.05, 0) is 18.2 Å². The Balaban J connectivity index is 1.33. The van der Waals surface area contributed by atoms with Gasteiger partial charge in [-0.25, -0.2) is 0 Å². The molecule has 1 unspecified atom stereocenters. The largest absolute Gasteiger partial charge is 0.467 e. The number of ether oxygens (including phenoxy) is 1. The molecule has 142 valence electrons. The van der Waals surface area contributed by atoms with Gasteiger partial charge >= 0.3 is 0 Å². The second-order valence-electron chi connectivity index (χ2n) is 6.90. The predicted octanol–water partition coefficient (Wildman–Crippen LogP) is 1.65. The van der Waals surface area contributed by atoms with Crippen molar-refractivity contribution in [2.45, 2.75) is 19.0 Å². The Hall–Kier alpha value is -2.64. The van der Waals surface area contributed by atoms with Gasteiger partial charge in [0.1, 0.15) is 12.0 Å². The minimum Gasteiger partial charge on any atom is -0.467 e. The Morgan fingerprint density at radius 2 is 1.96 bits per heavy atom. The standard InChI is InChI=1S/C20H23N3O4/c24-19-11-16(12-23(19)17-4-2-1-3-5-17)21-20(25)15-10-18(27-14-15)13-22-6-8-26-9-7-22/h1-5,10,14,16H,6-9,11-13H2,(H,21,25). The van der Waals surface area contributed by atoms with E-state index in [1.807, 2.05) is 30.3 Å². The molecule has 3 heterocycles. The summed E-state index contributed by atoms with van der Waals surface area (Å²) in [5, 5.41) is 2.95. The number of carbonyl (C=O) groups is 2. The first-order valence-electron chi connectivity index (χ1n) is 9.23. The van der Waals surface area contributed by atoms with Crippen LogP contribution in [0.4, 0.5) is 5.69 Å². The van der Waals surface area contributed by atoms with Crippen LogP contribution in [0.2, 0.25) is 0 Å². The van der Waals surface area contributed by atoms with Gasteiger partial charge in [0, 0.05) is 31.7 Å². The van der Waals surface area contributed by atoms with Crippen molar-refractivity contribution in [2.24, 2.45) is 0 Å². The van der Waals surface area contributed by atoms with Crippen molar-refractivity contribution in [3.63, 3.8) is 0 Å². The van der Waals surface area contributed by atoms with Crippen LogP contribution in [0.1, 0.15) is 22.5 Å². The predicted molar refractivity (Wildman–Crippen MR) is 99.5 cm³/mol. The lowest BCUT2D eigenvalue weighted by molar-refractivity contribution is -0.117. The number of morpholine rings is 1. The lowest BCUT2D eigenvalue weighted by Crippen LogP contribution is -2.37. The second-order valence-corrected chi connectivity index (χ2v) is 6.90. The number of nitrogens with one attached hydrogen (secondary N) is 1. The number of hydrogen-bond donors (Lipinski definition) is 1. The SMILES string of the molecule is O=C(NC1CC(=O)N(c2ccccc2)C1)c1coc(CN2CCOCC2)c1. The summed E-state index contributed by atoms with van der Waals surface area (Å²) >= 11 is 0. The molecule has 7 heteroatoms. The Kier molecular flexibility index (Phi) is 5.22. The summed E-state index contributed by atoms with van der Waals surface area (Å²) in [7, 11) is 0. The van der Waals surface area contributed by atoms with E-state index in [2.05, 4.69) is 10.2 Å². The van der Waals surface area contributed by atoms with Crippen LogP contribution in [-0.2, 0) is 16.1 Å². The molecule has 2 amide bonds. The van der Waals surface area contributed by atoms with Gasteiger partial charge in [0.25, 0.3) is 5.91 Å². The fraction of sp³-hybridized carbons (Fsp3) is 0.400. The molecule has 4 rings (SSSR count). The van der Waals surface area contributed by atoms with Gasteiger partial charge in [0.05, 0.1) is 31.4 Å². The number of hydrogen-bond acceptors (Lipinski definition) is 5. The van der Waals surface area contributed by atoms with E-state index in [1.165, 1.54) is 6.26 Å². The first kappa shape index (κ1) is 17.8. The topological polar surface area (TPSA) is 75.0 Å². The summed E-state index contributed by atoms with van der Waals surface area (Å²) in [4.78, 5) is 28.7. The van der Waals surface area contributed by atoms with Gasteiger partial charge in [0.15, 0.2) is 0 Å². The van der Waals surface area contributed by atoms with Crippen molar-refractivity contribution >= 4 is 17.5 Å². The third-order valence-electron chi connectivity index (χ3n) is 4.93. The minimum atomic E-state index is -0.209. The molecule has 2 aliphatic heterocycles. The van der Waals surface area contributed by atoms with Gasteiger partial charge in [-0.1, -0.05) is 18.2 Å². The summed E-state index contributed by atoms with van der Waals surface area (Å²) in [6.07, 6.45) is 1.79. The van der Waals surface area contributed by atoms with E-state index >= 15 is 0 Å². The lowest BCUT2D eigenvalue weighted by atomic mass is 10.2. The van der Waals surface area contributed by atoms with Gasteiger partial charge in [-0.3, -0.25) is 14.5 Å². The Labute approximate surface area is 157 Å². The fourth-order valence-electron chi connectivity index (χ4n) is 3.49. The third kappa shape index (κ3) is 4.20. The Morgan fingerprint density at radius 3 is 2.74 bits per heavy atom. The molecule has 0 bridgehead atoms. The quantitative estimate of drug-likeness (QED) is 0.867. The number of amides is 2. The molecule has 27 heavy (non-hydrogen) atoms. The van der Waals surface area contributed by atoms with Crippen molar-refractivity contribution in [1.82, 2.24) is 10.2 Å². The molecule has 0 spiro atoms. The van der Waals surface area contributed by atoms with E-state index in [-0.39, 0.29) is 17.9 Å². The average molecular weight is 369 g/mol. The normalized spacial score (nSPS) is 20.8. The summed E-state index contributed by atoms with van der Waals surface area (Å²) < 4.78 is 10.9. The maximum absolute atomic E-state index is 12.5.